The Bertz CT molecular complexity index is 359. The average molecular weight is 316 g/mol. The molecule has 0 heterocycles. The number of carbonyl (C=O) groups is 2. The monoisotopic (exact) mass is 316 g/mol. The summed E-state index contributed by atoms with van der Waals surface area (Å²) in [7, 11) is -2.34. The average Bonchev–Trinajstić information content (AvgIpc) is 2.38. The van der Waals surface area contributed by atoms with Gasteiger partial charge in [-0.15, -0.1) is 0 Å². The lowest BCUT2D eigenvalue weighted by molar-refractivity contribution is 0.154. The SMILES string of the molecule is CCCOC(=O)/N=N/C(=O)O[Si](C(C)C)(C(C)C)C(C)C. The first-order valence-electron chi connectivity index (χ1n) is 7.49. The van der Waals surface area contributed by atoms with Crippen molar-refractivity contribution in [3.63, 3.8) is 0 Å². The van der Waals surface area contributed by atoms with Crippen LogP contribution in [-0.4, -0.2) is 27.1 Å². The van der Waals surface area contributed by atoms with E-state index in [1.165, 1.54) is 0 Å². The van der Waals surface area contributed by atoms with Gasteiger partial charge in [0.1, 0.15) is 0 Å². The molecule has 0 N–H and O–H groups in total. The van der Waals surface area contributed by atoms with Crippen LogP contribution in [0.2, 0.25) is 16.6 Å². The molecule has 0 saturated heterocycles. The minimum Gasteiger partial charge on any atom is -0.500 e. The fourth-order valence-corrected chi connectivity index (χ4v) is 7.88. The molecule has 0 spiro atoms. The van der Waals surface area contributed by atoms with Gasteiger partial charge in [-0.2, -0.15) is 0 Å². The molecule has 0 aromatic carbocycles. The zero-order valence-electron chi connectivity index (χ0n) is 14.2. The zero-order valence-corrected chi connectivity index (χ0v) is 15.2. The predicted molar refractivity (Wildman–Crippen MR) is 84.0 cm³/mol. The molecule has 0 aliphatic heterocycles. The highest BCUT2D eigenvalue weighted by molar-refractivity contribution is 6.78. The van der Waals surface area contributed by atoms with Crippen molar-refractivity contribution in [2.45, 2.75) is 71.5 Å². The van der Waals surface area contributed by atoms with Crippen LogP contribution in [0.25, 0.3) is 0 Å². The molecule has 0 bridgehead atoms. The second-order valence-electron chi connectivity index (χ2n) is 6.00. The van der Waals surface area contributed by atoms with E-state index in [1.807, 2.05) is 6.92 Å². The molecule has 0 unspecified atom stereocenters. The van der Waals surface area contributed by atoms with E-state index in [-0.39, 0.29) is 23.2 Å². The molecular weight excluding hydrogens is 288 g/mol. The summed E-state index contributed by atoms with van der Waals surface area (Å²) in [5.41, 5.74) is 0.760. The van der Waals surface area contributed by atoms with Gasteiger partial charge in [-0.05, 0) is 23.0 Å². The van der Waals surface area contributed by atoms with Gasteiger partial charge in [0.25, 0.3) is 8.32 Å². The fraction of sp³-hybridized carbons (Fsp3) is 0.857. The van der Waals surface area contributed by atoms with E-state index in [0.717, 1.165) is 0 Å². The molecule has 0 saturated carbocycles. The highest BCUT2D eigenvalue weighted by atomic mass is 28.4. The van der Waals surface area contributed by atoms with Crippen molar-refractivity contribution in [1.29, 1.82) is 0 Å². The maximum Gasteiger partial charge on any atom is 0.452 e. The summed E-state index contributed by atoms with van der Waals surface area (Å²) in [5.74, 6) is 0. The Kier molecular flexibility index (Phi) is 8.39. The standard InChI is InChI=1S/C14H28N2O4Si/c1-8-9-19-13(17)15-16-14(18)20-21(10(2)3,11(4)5)12(6)7/h10-12H,8-9H2,1-7H3/b16-15+. The van der Waals surface area contributed by atoms with Gasteiger partial charge in [0, 0.05) is 0 Å². The minimum atomic E-state index is -2.34. The fourth-order valence-electron chi connectivity index (χ4n) is 2.83. The third kappa shape index (κ3) is 5.57. The topological polar surface area (TPSA) is 77.3 Å². The van der Waals surface area contributed by atoms with Crippen molar-refractivity contribution in [2.24, 2.45) is 10.2 Å². The van der Waals surface area contributed by atoms with Crippen molar-refractivity contribution in [3.05, 3.63) is 0 Å². The highest BCUT2D eigenvalue weighted by Gasteiger charge is 2.48. The number of carbonyl (C=O) groups excluding carboxylic acids is 2. The molecule has 0 radical (unpaired) electrons. The molecule has 6 nitrogen and oxygen atoms in total. The summed E-state index contributed by atoms with van der Waals surface area (Å²) in [6.07, 6.45) is -0.971. The molecule has 7 heteroatoms. The summed E-state index contributed by atoms with van der Waals surface area (Å²) in [6.45, 7) is 14.5. The van der Waals surface area contributed by atoms with Crippen molar-refractivity contribution in [2.75, 3.05) is 6.61 Å². The first-order valence-corrected chi connectivity index (χ1v) is 9.63. The Morgan fingerprint density at radius 3 is 1.71 bits per heavy atom. The molecule has 0 aliphatic carbocycles. The van der Waals surface area contributed by atoms with Gasteiger partial charge in [0.2, 0.25) is 0 Å². The number of amides is 2. The van der Waals surface area contributed by atoms with E-state index in [0.29, 0.717) is 6.42 Å². The smallest absolute Gasteiger partial charge is 0.452 e. The summed E-state index contributed by atoms with van der Waals surface area (Å²) >= 11 is 0. The lowest BCUT2D eigenvalue weighted by Gasteiger charge is -2.40. The first kappa shape index (κ1) is 19.8. The molecule has 21 heavy (non-hydrogen) atoms. The number of azo groups is 1. The molecule has 0 aromatic heterocycles. The number of ether oxygens (including phenoxy) is 1. The van der Waals surface area contributed by atoms with E-state index >= 15 is 0 Å². The number of nitrogens with zero attached hydrogens (tertiary/aromatic N) is 2. The van der Waals surface area contributed by atoms with Crippen molar-refractivity contribution >= 4 is 20.5 Å². The third-order valence-corrected chi connectivity index (χ3v) is 9.56. The summed E-state index contributed by atoms with van der Waals surface area (Å²) in [6, 6.07) is 0. The van der Waals surface area contributed by atoms with Gasteiger partial charge in [-0.25, -0.2) is 9.59 Å². The van der Waals surface area contributed by atoms with Crippen LogP contribution in [0.3, 0.4) is 0 Å². The van der Waals surface area contributed by atoms with Gasteiger partial charge in [-0.3, -0.25) is 0 Å². The lowest BCUT2D eigenvalue weighted by atomic mass is 10.5. The number of hydrogen-bond acceptors (Lipinski definition) is 4. The molecule has 0 atom stereocenters. The van der Waals surface area contributed by atoms with Crippen molar-refractivity contribution < 1.29 is 18.8 Å². The molecule has 0 fully saturated rings. The Balaban J connectivity index is 4.92. The molecular formula is C14H28N2O4Si. The highest BCUT2D eigenvalue weighted by Crippen LogP contribution is 2.42. The van der Waals surface area contributed by atoms with Crippen LogP contribution in [0.15, 0.2) is 10.2 Å². The third-order valence-electron chi connectivity index (χ3n) is 3.61. The lowest BCUT2D eigenvalue weighted by Crippen LogP contribution is -2.48. The zero-order chi connectivity index (χ0) is 16.6. The maximum absolute atomic E-state index is 11.9. The van der Waals surface area contributed by atoms with Gasteiger partial charge in [-0.1, -0.05) is 58.7 Å². The summed E-state index contributed by atoms with van der Waals surface area (Å²) in [5, 5.41) is 6.57. The van der Waals surface area contributed by atoms with Gasteiger partial charge < -0.3 is 9.16 Å². The predicted octanol–water partition coefficient (Wildman–Crippen LogP) is 5.30. The first-order chi connectivity index (χ1) is 9.68. The number of hydrogen-bond donors (Lipinski definition) is 0. The molecule has 0 aromatic rings. The van der Waals surface area contributed by atoms with E-state index in [1.54, 1.807) is 0 Å². The second kappa shape index (κ2) is 8.91. The normalized spacial score (nSPS) is 12.5. The Morgan fingerprint density at radius 2 is 1.33 bits per heavy atom. The van der Waals surface area contributed by atoms with Crippen LogP contribution in [0.5, 0.6) is 0 Å². The summed E-state index contributed by atoms with van der Waals surface area (Å²) in [4.78, 5) is 23.1. The molecule has 2 amide bonds. The summed E-state index contributed by atoms with van der Waals surface area (Å²) < 4.78 is 10.4. The van der Waals surface area contributed by atoms with Crippen LogP contribution < -0.4 is 0 Å². The van der Waals surface area contributed by atoms with E-state index in [2.05, 4.69) is 51.8 Å². The van der Waals surface area contributed by atoms with Crippen LogP contribution in [0, 0.1) is 0 Å². The molecule has 0 rings (SSSR count). The van der Waals surface area contributed by atoms with Crippen LogP contribution in [-0.2, 0) is 9.16 Å². The van der Waals surface area contributed by atoms with Crippen molar-refractivity contribution in [1.82, 2.24) is 0 Å². The van der Waals surface area contributed by atoms with Crippen molar-refractivity contribution in [3.8, 4) is 0 Å². The second-order valence-corrected chi connectivity index (χ2v) is 11.4. The van der Waals surface area contributed by atoms with Crippen LogP contribution >= 0.6 is 0 Å². The van der Waals surface area contributed by atoms with E-state index in [4.69, 9.17) is 9.16 Å². The maximum atomic E-state index is 11.9. The van der Waals surface area contributed by atoms with Crippen LogP contribution in [0.1, 0.15) is 54.9 Å². The van der Waals surface area contributed by atoms with E-state index in [9.17, 15) is 9.59 Å². The number of rotatable bonds is 6. The minimum absolute atomic E-state index is 0.253. The van der Waals surface area contributed by atoms with E-state index < -0.39 is 20.5 Å². The molecule has 122 valence electrons. The Labute approximate surface area is 128 Å². The van der Waals surface area contributed by atoms with Crippen LogP contribution in [0.4, 0.5) is 9.59 Å². The van der Waals surface area contributed by atoms with Gasteiger partial charge in [0.15, 0.2) is 0 Å². The quantitative estimate of drug-likeness (QED) is 0.492. The Morgan fingerprint density at radius 1 is 0.905 bits per heavy atom. The largest absolute Gasteiger partial charge is 0.500 e. The molecule has 0 aliphatic rings. The van der Waals surface area contributed by atoms with Gasteiger partial charge in [0.05, 0.1) is 6.61 Å². The Hall–Kier alpha value is -1.24. The van der Waals surface area contributed by atoms with Gasteiger partial charge >= 0.3 is 12.2 Å².